The molecule has 0 spiro atoms. The molecule has 0 aliphatic heterocycles. The van der Waals surface area contributed by atoms with Crippen LogP contribution in [0.5, 0.6) is 0 Å². The van der Waals surface area contributed by atoms with Gasteiger partial charge in [-0.05, 0) is 45.8 Å². The number of aromatic carboxylic acids is 1. The number of hydrogen-bond donors (Lipinski definition) is 2. The van der Waals surface area contributed by atoms with Gasteiger partial charge in [0.25, 0.3) is 0 Å². The lowest BCUT2D eigenvalue weighted by Gasteiger charge is -2.06. The SMILES string of the molecule is O=C(O)c1cccc(CS(=O)(=O)NCc2ccc(Br)s2)c1. The lowest BCUT2D eigenvalue weighted by molar-refractivity contribution is 0.0696. The summed E-state index contributed by atoms with van der Waals surface area (Å²) in [5, 5.41) is 8.89. The molecule has 5 nitrogen and oxygen atoms in total. The summed E-state index contributed by atoms with van der Waals surface area (Å²) in [6.07, 6.45) is 0. The molecule has 0 bridgehead atoms. The van der Waals surface area contributed by atoms with Gasteiger partial charge in [0.15, 0.2) is 0 Å². The molecule has 0 atom stereocenters. The van der Waals surface area contributed by atoms with Crippen LogP contribution >= 0.6 is 27.3 Å². The lowest BCUT2D eigenvalue weighted by Crippen LogP contribution is -2.24. The van der Waals surface area contributed by atoms with Crippen LogP contribution in [0.15, 0.2) is 40.2 Å². The Morgan fingerprint density at radius 1 is 1.29 bits per heavy atom. The predicted octanol–water partition coefficient (Wildman–Crippen LogP) is 2.83. The van der Waals surface area contributed by atoms with Gasteiger partial charge in [0.2, 0.25) is 10.0 Å². The number of carboxylic acids is 1. The van der Waals surface area contributed by atoms with Gasteiger partial charge in [-0.3, -0.25) is 0 Å². The maximum absolute atomic E-state index is 12.0. The highest BCUT2D eigenvalue weighted by Gasteiger charge is 2.13. The highest BCUT2D eigenvalue weighted by molar-refractivity contribution is 9.11. The van der Waals surface area contributed by atoms with Gasteiger partial charge < -0.3 is 5.11 Å². The number of halogens is 1. The van der Waals surface area contributed by atoms with Crippen LogP contribution in [0.25, 0.3) is 0 Å². The Bertz CT molecular complexity index is 755. The number of benzene rings is 1. The van der Waals surface area contributed by atoms with Gasteiger partial charge in [0.05, 0.1) is 15.1 Å². The number of carboxylic acid groups (broad SMARTS) is 1. The van der Waals surface area contributed by atoms with E-state index in [1.807, 2.05) is 12.1 Å². The molecule has 112 valence electrons. The molecule has 21 heavy (non-hydrogen) atoms. The Hall–Kier alpha value is -1.22. The summed E-state index contributed by atoms with van der Waals surface area (Å²) in [6.45, 7) is 0.219. The average molecular weight is 390 g/mol. The van der Waals surface area contributed by atoms with Crippen molar-refractivity contribution in [1.29, 1.82) is 0 Å². The van der Waals surface area contributed by atoms with Gasteiger partial charge in [-0.25, -0.2) is 17.9 Å². The Balaban J connectivity index is 2.03. The van der Waals surface area contributed by atoms with Gasteiger partial charge in [-0.15, -0.1) is 11.3 Å². The standard InChI is InChI=1S/C13H12BrNO4S2/c14-12-5-4-11(20-12)7-15-21(18,19)8-9-2-1-3-10(6-9)13(16)17/h1-6,15H,7-8H2,(H,16,17). The van der Waals surface area contributed by atoms with Crippen LogP contribution in [-0.4, -0.2) is 19.5 Å². The molecule has 0 radical (unpaired) electrons. The number of hydrogen-bond acceptors (Lipinski definition) is 4. The Morgan fingerprint density at radius 2 is 2.05 bits per heavy atom. The fraction of sp³-hybridized carbons (Fsp3) is 0.154. The maximum atomic E-state index is 12.0. The molecule has 0 amide bonds. The third-order valence-corrected chi connectivity index (χ3v) is 5.55. The fourth-order valence-electron chi connectivity index (χ4n) is 1.69. The molecular formula is C13H12BrNO4S2. The zero-order chi connectivity index (χ0) is 15.5. The molecule has 0 unspecified atom stereocenters. The van der Waals surface area contributed by atoms with Crippen molar-refractivity contribution in [2.24, 2.45) is 0 Å². The van der Waals surface area contributed by atoms with Crippen LogP contribution < -0.4 is 4.72 Å². The molecule has 0 saturated heterocycles. The van der Waals surface area contributed by atoms with Crippen molar-refractivity contribution in [3.8, 4) is 0 Å². The molecule has 0 fully saturated rings. The molecule has 1 heterocycles. The second-order valence-electron chi connectivity index (χ2n) is 4.29. The highest BCUT2D eigenvalue weighted by atomic mass is 79.9. The predicted molar refractivity (Wildman–Crippen MR) is 84.9 cm³/mol. The van der Waals surface area contributed by atoms with E-state index in [-0.39, 0.29) is 17.9 Å². The van der Waals surface area contributed by atoms with E-state index in [1.54, 1.807) is 6.07 Å². The zero-order valence-corrected chi connectivity index (χ0v) is 14.0. The summed E-state index contributed by atoms with van der Waals surface area (Å²) in [5.74, 6) is -1.33. The molecular weight excluding hydrogens is 378 g/mol. The second kappa shape index (κ2) is 6.69. The summed E-state index contributed by atoms with van der Waals surface area (Å²) in [5.41, 5.74) is 0.514. The van der Waals surface area contributed by atoms with Crippen molar-refractivity contribution in [3.05, 3.63) is 56.2 Å². The van der Waals surface area contributed by atoms with Crippen LogP contribution in [0.1, 0.15) is 20.8 Å². The van der Waals surface area contributed by atoms with E-state index >= 15 is 0 Å². The second-order valence-corrected chi connectivity index (χ2v) is 8.65. The molecule has 0 saturated carbocycles. The monoisotopic (exact) mass is 389 g/mol. The van der Waals surface area contributed by atoms with E-state index in [1.165, 1.54) is 29.5 Å². The summed E-state index contributed by atoms with van der Waals surface area (Å²) in [7, 11) is -3.52. The summed E-state index contributed by atoms with van der Waals surface area (Å²) < 4.78 is 27.4. The summed E-state index contributed by atoms with van der Waals surface area (Å²) in [6, 6.07) is 9.60. The fourth-order valence-corrected chi connectivity index (χ4v) is 4.30. The minimum absolute atomic E-state index is 0.0740. The van der Waals surface area contributed by atoms with Crippen molar-refractivity contribution in [3.63, 3.8) is 0 Å². The van der Waals surface area contributed by atoms with Gasteiger partial charge in [-0.1, -0.05) is 12.1 Å². The first kappa shape index (κ1) is 16.2. The normalized spacial score (nSPS) is 11.5. The quantitative estimate of drug-likeness (QED) is 0.795. The first-order valence-electron chi connectivity index (χ1n) is 5.89. The summed E-state index contributed by atoms with van der Waals surface area (Å²) >= 11 is 4.77. The van der Waals surface area contributed by atoms with Crippen LogP contribution in [0.2, 0.25) is 0 Å². The Kier molecular flexibility index (Phi) is 5.15. The molecule has 0 aliphatic carbocycles. The molecule has 2 aromatic rings. The number of rotatable bonds is 6. The van der Waals surface area contributed by atoms with Crippen molar-refractivity contribution >= 4 is 43.3 Å². The third-order valence-electron chi connectivity index (χ3n) is 2.63. The summed E-state index contributed by atoms with van der Waals surface area (Å²) in [4.78, 5) is 11.8. The van der Waals surface area contributed by atoms with E-state index < -0.39 is 16.0 Å². The highest BCUT2D eigenvalue weighted by Crippen LogP contribution is 2.22. The molecule has 2 N–H and O–H groups in total. The van der Waals surface area contributed by atoms with E-state index in [0.717, 1.165) is 8.66 Å². The maximum Gasteiger partial charge on any atom is 0.335 e. The van der Waals surface area contributed by atoms with E-state index in [9.17, 15) is 13.2 Å². The molecule has 0 aliphatic rings. The number of thiophene rings is 1. The third kappa shape index (κ3) is 4.92. The Morgan fingerprint density at radius 3 is 2.67 bits per heavy atom. The number of carbonyl (C=O) groups is 1. The molecule has 8 heteroatoms. The molecule has 1 aromatic heterocycles. The lowest BCUT2D eigenvalue weighted by atomic mass is 10.1. The van der Waals surface area contributed by atoms with Gasteiger partial charge in [0, 0.05) is 11.4 Å². The van der Waals surface area contributed by atoms with Crippen molar-refractivity contribution in [2.75, 3.05) is 0 Å². The van der Waals surface area contributed by atoms with Crippen molar-refractivity contribution in [2.45, 2.75) is 12.3 Å². The minimum Gasteiger partial charge on any atom is -0.478 e. The minimum atomic E-state index is -3.52. The van der Waals surface area contributed by atoms with Gasteiger partial charge in [0.1, 0.15) is 0 Å². The number of sulfonamides is 1. The van der Waals surface area contributed by atoms with Crippen LogP contribution in [0.3, 0.4) is 0 Å². The topological polar surface area (TPSA) is 83.5 Å². The average Bonchev–Trinajstić information content (AvgIpc) is 2.82. The zero-order valence-electron chi connectivity index (χ0n) is 10.7. The first-order chi connectivity index (χ1) is 9.85. The van der Waals surface area contributed by atoms with Crippen molar-refractivity contribution < 1.29 is 18.3 Å². The van der Waals surface area contributed by atoms with Crippen LogP contribution in [-0.2, 0) is 22.3 Å². The van der Waals surface area contributed by atoms with Gasteiger partial charge >= 0.3 is 5.97 Å². The first-order valence-corrected chi connectivity index (χ1v) is 9.16. The molecule has 1 aromatic carbocycles. The smallest absolute Gasteiger partial charge is 0.335 e. The van der Waals surface area contributed by atoms with Crippen LogP contribution in [0.4, 0.5) is 0 Å². The Labute approximate surface area is 134 Å². The largest absolute Gasteiger partial charge is 0.478 e. The van der Waals surface area contributed by atoms with Crippen molar-refractivity contribution in [1.82, 2.24) is 4.72 Å². The van der Waals surface area contributed by atoms with E-state index in [2.05, 4.69) is 20.7 Å². The molecule has 2 rings (SSSR count). The van der Waals surface area contributed by atoms with Crippen LogP contribution in [0, 0.1) is 0 Å². The van der Waals surface area contributed by atoms with E-state index in [4.69, 9.17) is 5.11 Å². The van der Waals surface area contributed by atoms with E-state index in [0.29, 0.717) is 5.56 Å². The number of nitrogens with one attached hydrogen (secondary N) is 1. The van der Waals surface area contributed by atoms with Gasteiger partial charge in [-0.2, -0.15) is 0 Å².